The van der Waals surface area contributed by atoms with Gasteiger partial charge in [-0.1, -0.05) is 0 Å². The number of nitro groups is 1. The minimum absolute atomic E-state index is 0.0657. The highest BCUT2D eigenvalue weighted by Crippen LogP contribution is 2.26. The van der Waals surface area contributed by atoms with Crippen LogP contribution in [0.2, 0.25) is 0 Å². The number of hydrogen-bond donors (Lipinski definition) is 2. The van der Waals surface area contributed by atoms with E-state index < -0.39 is 4.92 Å². The lowest BCUT2D eigenvalue weighted by atomic mass is 10.2. The Kier molecular flexibility index (Phi) is 3.07. The van der Waals surface area contributed by atoms with Gasteiger partial charge in [-0.25, -0.2) is 4.98 Å². The van der Waals surface area contributed by atoms with Gasteiger partial charge in [0, 0.05) is 24.9 Å². The highest BCUT2D eigenvalue weighted by Gasteiger charge is 2.23. The van der Waals surface area contributed by atoms with Crippen LogP contribution in [0, 0.1) is 17.0 Å². The number of aromatic nitrogens is 3. The maximum atomic E-state index is 11.0. The Bertz CT molecular complexity index is 649. The third-order valence-corrected chi connectivity index (χ3v) is 3.01. The minimum Gasteiger partial charge on any atom is -0.378 e. The van der Waals surface area contributed by atoms with Gasteiger partial charge in [0.25, 0.3) is 0 Å². The van der Waals surface area contributed by atoms with Crippen LogP contribution in [0.4, 0.5) is 17.5 Å². The van der Waals surface area contributed by atoms with Crippen LogP contribution >= 0.6 is 0 Å². The molecule has 0 radical (unpaired) electrons. The molecular formula is C11H14N6O2. The summed E-state index contributed by atoms with van der Waals surface area (Å²) in [6, 6.07) is 3.81. The largest absolute Gasteiger partial charge is 0.378 e. The van der Waals surface area contributed by atoms with Crippen molar-refractivity contribution >= 4 is 17.5 Å². The first kappa shape index (κ1) is 12.8. The molecule has 0 aromatic carbocycles. The molecule has 0 aliphatic rings. The highest BCUT2D eigenvalue weighted by atomic mass is 16.6. The molecule has 0 amide bonds. The van der Waals surface area contributed by atoms with E-state index in [2.05, 4.69) is 9.97 Å². The van der Waals surface area contributed by atoms with Gasteiger partial charge in [0.15, 0.2) is 0 Å². The highest BCUT2D eigenvalue weighted by molar-refractivity contribution is 5.58. The van der Waals surface area contributed by atoms with E-state index in [4.69, 9.17) is 11.5 Å². The molecule has 0 bridgehead atoms. The van der Waals surface area contributed by atoms with Crippen molar-refractivity contribution in [2.75, 3.05) is 11.5 Å². The summed E-state index contributed by atoms with van der Waals surface area (Å²) in [6.45, 7) is 1.95. The van der Waals surface area contributed by atoms with Crippen molar-refractivity contribution < 1.29 is 4.92 Å². The molecule has 4 N–H and O–H groups in total. The Hall–Kier alpha value is -2.64. The predicted octanol–water partition coefficient (Wildman–Crippen LogP) is 0.787. The zero-order valence-corrected chi connectivity index (χ0v) is 10.6. The standard InChI is InChI=1S/C11H14N6O2/c1-6-3-4-7(16(6)2)5-8-9(17(18)19)10(12)15-11(13)14-8/h3-4H,5H2,1-2H3,(H4,12,13,14,15). The molecule has 0 aliphatic carbocycles. The summed E-state index contributed by atoms with van der Waals surface area (Å²) in [5.41, 5.74) is 12.9. The molecule has 0 unspecified atom stereocenters. The summed E-state index contributed by atoms with van der Waals surface area (Å²) in [5, 5.41) is 11.0. The topological polar surface area (TPSA) is 126 Å². The summed E-state index contributed by atoms with van der Waals surface area (Å²) in [7, 11) is 1.88. The van der Waals surface area contributed by atoms with Gasteiger partial charge in [-0.05, 0) is 19.1 Å². The van der Waals surface area contributed by atoms with E-state index in [0.717, 1.165) is 11.4 Å². The van der Waals surface area contributed by atoms with Crippen LogP contribution in [0.1, 0.15) is 17.1 Å². The molecule has 0 aliphatic heterocycles. The van der Waals surface area contributed by atoms with Gasteiger partial charge >= 0.3 is 5.69 Å². The van der Waals surface area contributed by atoms with E-state index in [1.165, 1.54) is 0 Å². The van der Waals surface area contributed by atoms with E-state index in [9.17, 15) is 10.1 Å². The van der Waals surface area contributed by atoms with Gasteiger partial charge in [-0.15, -0.1) is 0 Å². The van der Waals surface area contributed by atoms with Crippen molar-refractivity contribution in [3.8, 4) is 0 Å². The normalized spacial score (nSPS) is 10.6. The van der Waals surface area contributed by atoms with E-state index in [1.807, 2.05) is 30.7 Å². The molecule has 2 rings (SSSR count). The Morgan fingerprint density at radius 1 is 1.37 bits per heavy atom. The fraction of sp³-hybridized carbons (Fsp3) is 0.273. The molecule has 2 aromatic heterocycles. The van der Waals surface area contributed by atoms with Crippen LogP contribution in [0.5, 0.6) is 0 Å². The van der Waals surface area contributed by atoms with Crippen LogP contribution in [-0.2, 0) is 13.5 Å². The lowest BCUT2D eigenvalue weighted by Crippen LogP contribution is -2.10. The Morgan fingerprint density at radius 3 is 2.58 bits per heavy atom. The number of rotatable bonds is 3. The fourth-order valence-corrected chi connectivity index (χ4v) is 1.88. The van der Waals surface area contributed by atoms with E-state index in [-0.39, 0.29) is 29.6 Å². The second-order valence-corrected chi connectivity index (χ2v) is 4.22. The van der Waals surface area contributed by atoms with Crippen molar-refractivity contribution in [1.29, 1.82) is 0 Å². The Morgan fingerprint density at radius 2 is 2.05 bits per heavy atom. The molecule has 2 aromatic rings. The second kappa shape index (κ2) is 4.56. The lowest BCUT2D eigenvalue weighted by molar-refractivity contribution is -0.385. The minimum atomic E-state index is -0.583. The summed E-state index contributed by atoms with van der Waals surface area (Å²) in [6.07, 6.45) is 0.275. The SMILES string of the molecule is Cc1ccc(Cc2nc(N)nc(N)c2[N+](=O)[O-])n1C. The number of nitrogen functional groups attached to an aromatic ring is 2. The van der Waals surface area contributed by atoms with Crippen molar-refractivity contribution in [3.05, 3.63) is 39.3 Å². The molecule has 0 atom stereocenters. The smallest absolute Gasteiger partial charge is 0.332 e. The first-order valence-electron chi connectivity index (χ1n) is 5.57. The molecule has 0 fully saturated rings. The van der Waals surface area contributed by atoms with Crippen LogP contribution in [0.25, 0.3) is 0 Å². The average Bonchev–Trinajstić information content (AvgIpc) is 2.59. The van der Waals surface area contributed by atoms with Crippen molar-refractivity contribution in [2.45, 2.75) is 13.3 Å². The summed E-state index contributed by atoms with van der Waals surface area (Å²) in [4.78, 5) is 18.0. The second-order valence-electron chi connectivity index (χ2n) is 4.22. The zero-order valence-electron chi connectivity index (χ0n) is 10.6. The molecule has 0 saturated heterocycles. The number of nitrogens with zero attached hydrogens (tertiary/aromatic N) is 4. The van der Waals surface area contributed by atoms with Gasteiger partial charge in [0.05, 0.1) is 4.92 Å². The first-order chi connectivity index (χ1) is 8.90. The Balaban J connectivity index is 2.50. The molecule has 0 saturated carbocycles. The first-order valence-corrected chi connectivity index (χ1v) is 5.57. The van der Waals surface area contributed by atoms with Gasteiger partial charge in [-0.3, -0.25) is 10.1 Å². The molecular weight excluding hydrogens is 248 g/mol. The quantitative estimate of drug-likeness (QED) is 0.622. The van der Waals surface area contributed by atoms with Gasteiger partial charge in [0.2, 0.25) is 11.8 Å². The third-order valence-electron chi connectivity index (χ3n) is 3.01. The molecule has 2 heterocycles. The van der Waals surface area contributed by atoms with Crippen LogP contribution in [-0.4, -0.2) is 19.5 Å². The number of anilines is 2. The van der Waals surface area contributed by atoms with Crippen molar-refractivity contribution in [1.82, 2.24) is 14.5 Å². The predicted molar refractivity (Wildman–Crippen MR) is 70.5 cm³/mol. The van der Waals surface area contributed by atoms with Crippen LogP contribution < -0.4 is 11.5 Å². The molecule has 0 spiro atoms. The fourth-order valence-electron chi connectivity index (χ4n) is 1.88. The zero-order chi connectivity index (χ0) is 14.2. The monoisotopic (exact) mass is 262 g/mol. The third kappa shape index (κ3) is 2.32. The maximum Gasteiger partial charge on any atom is 0.332 e. The summed E-state index contributed by atoms with van der Waals surface area (Å²) < 4.78 is 1.93. The summed E-state index contributed by atoms with van der Waals surface area (Å²) >= 11 is 0. The molecule has 19 heavy (non-hydrogen) atoms. The van der Waals surface area contributed by atoms with Crippen LogP contribution in [0.15, 0.2) is 12.1 Å². The van der Waals surface area contributed by atoms with Gasteiger partial charge in [-0.2, -0.15) is 4.98 Å². The van der Waals surface area contributed by atoms with Crippen molar-refractivity contribution in [2.24, 2.45) is 7.05 Å². The lowest BCUT2D eigenvalue weighted by Gasteiger charge is -2.07. The van der Waals surface area contributed by atoms with Gasteiger partial charge in [0.1, 0.15) is 5.69 Å². The van der Waals surface area contributed by atoms with Crippen molar-refractivity contribution in [3.63, 3.8) is 0 Å². The van der Waals surface area contributed by atoms with E-state index in [1.54, 1.807) is 0 Å². The molecule has 8 nitrogen and oxygen atoms in total. The molecule has 8 heteroatoms. The van der Waals surface area contributed by atoms with E-state index in [0.29, 0.717) is 0 Å². The van der Waals surface area contributed by atoms with Crippen LogP contribution in [0.3, 0.4) is 0 Å². The van der Waals surface area contributed by atoms with E-state index >= 15 is 0 Å². The maximum absolute atomic E-state index is 11.0. The summed E-state index contributed by atoms with van der Waals surface area (Å²) in [5.74, 6) is -0.275. The Labute approximate surface area is 109 Å². The number of nitrogens with two attached hydrogens (primary N) is 2. The number of aryl methyl sites for hydroxylation is 1. The number of hydrogen-bond acceptors (Lipinski definition) is 6. The average molecular weight is 262 g/mol. The molecule has 100 valence electrons. The van der Waals surface area contributed by atoms with Gasteiger partial charge < -0.3 is 16.0 Å².